The molecule has 0 N–H and O–H groups in total. The third-order valence-electron chi connectivity index (χ3n) is 9.40. The minimum absolute atomic E-state index is 0.0978. The molecule has 3 aromatic carbocycles. The van der Waals surface area contributed by atoms with E-state index >= 15 is 0 Å². The van der Waals surface area contributed by atoms with Crippen molar-refractivity contribution >= 4 is 23.1 Å². The highest BCUT2D eigenvalue weighted by atomic mass is 32.2. The molecular weight excluding hydrogens is 647 g/mol. The predicted octanol–water partition coefficient (Wildman–Crippen LogP) is 5.84. The molecule has 0 amide bonds. The number of rotatable bonds is 11. The molecule has 10 nitrogen and oxygen atoms in total. The fraction of sp³-hybridized carbons (Fsp3) is 0.333. The minimum atomic E-state index is -0.946. The van der Waals surface area contributed by atoms with Crippen LogP contribution in [0.2, 0.25) is 0 Å². The molecule has 0 radical (unpaired) electrons. The first-order valence-corrected chi connectivity index (χ1v) is 17.4. The van der Waals surface area contributed by atoms with Gasteiger partial charge in [0.25, 0.3) is 0 Å². The maximum absolute atomic E-state index is 15.0. The van der Waals surface area contributed by atoms with Crippen molar-refractivity contribution in [3.63, 3.8) is 0 Å². The van der Waals surface area contributed by atoms with Crippen LogP contribution in [-0.2, 0) is 16.9 Å². The normalized spacial score (nSPS) is 20.1. The van der Waals surface area contributed by atoms with E-state index in [0.717, 1.165) is 54.9 Å². The molecule has 2 saturated heterocycles. The van der Waals surface area contributed by atoms with Gasteiger partial charge in [0, 0.05) is 59.8 Å². The van der Waals surface area contributed by atoms with Crippen LogP contribution in [0, 0.1) is 11.6 Å². The van der Waals surface area contributed by atoms with Crippen molar-refractivity contribution in [2.45, 2.75) is 49.0 Å². The number of benzene rings is 3. The lowest BCUT2D eigenvalue weighted by atomic mass is 9.90. The van der Waals surface area contributed by atoms with Gasteiger partial charge in [-0.15, -0.1) is 18.3 Å². The van der Waals surface area contributed by atoms with Crippen LogP contribution >= 0.6 is 11.8 Å². The summed E-state index contributed by atoms with van der Waals surface area (Å²) in [6.07, 6.45) is 7.51. The topological polar surface area (TPSA) is 86.2 Å². The second-order valence-electron chi connectivity index (χ2n) is 12.5. The van der Waals surface area contributed by atoms with Gasteiger partial charge in [-0.3, -0.25) is 0 Å². The smallest absolute Gasteiger partial charge is 0.350 e. The molecule has 0 bridgehead atoms. The minimum Gasteiger partial charge on any atom is -0.368 e. The Morgan fingerprint density at radius 2 is 1.63 bits per heavy atom. The first-order chi connectivity index (χ1) is 23.8. The van der Waals surface area contributed by atoms with Gasteiger partial charge >= 0.3 is 5.69 Å². The van der Waals surface area contributed by atoms with E-state index in [2.05, 4.69) is 68.0 Å². The van der Waals surface area contributed by atoms with E-state index in [1.165, 1.54) is 28.8 Å². The average Bonchev–Trinajstić information content (AvgIpc) is 3.88. The first-order valence-electron chi connectivity index (χ1n) is 16.4. The Kier molecular flexibility index (Phi) is 9.37. The summed E-state index contributed by atoms with van der Waals surface area (Å²) in [5.41, 5.74) is 2.29. The second-order valence-corrected chi connectivity index (χ2v) is 13.6. The standard InChI is InChI=1S/C36H38F2N8O2S/c1-3-26(2)46-35(47)45(25-41-46)30-7-5-28(6-8-30)42-16-18-43(19-17-42)29-9-11-32(12-10-29)49-21-31-14-15-36(48-31,22-44-24-39-23-40-44)33-13-4-27(37)20-34(33)38/h3-13,20,23-26,31H,1,14-19,21-22H2,2H3. The van der Waals surface area contributed by atoms with E-state index in [-0.39, 0.29) is 17.8 Å². The molecule has 2 aliphatic heterocycles. The summed E-state index contributed by atoms with van der Waals surface area (Å²) in [6, 6.07) is 20.1. The number of allylic oxidation sites excluding steroid dienone is 1. The molecule has 5 aromatic rings. The summed E-state index contributed by atoms with van der Waals surface area (Å²) in [5, 5.41) is 8.43. The molecule has 13 heteroatoms. The molecule has 0 aliphatic carbocycles. The van der Waals surface area contributed by atoms with Crippen molar-refractivity contribution in [3.05, 3.63) is 126 Å². The number of thioether (sulfide) groups is 1. The number of anilines is 2. The van der Waals surface area contributed by atoms with Crippen LogP contribution in [0.4, 0.5) is 20.2 Å². The zero-order valence-electron chi connectivity index (χ0n) is 27.2. The molecule has 7 rings (SSSR count). The maximum Gasteiger partial charge on any atom is 0.350 e. The molecule has 3 unspecified atom stereocenters. The van der Waals surface area contributed by atoms with Crippen molar-refractivity contribution in [2.24, 2.45) is 0 Å². The number of nitrogens with zero attached hydrogens (tertiary/aromatic N) is 8. The molecule has 49 heavy (non-hydrogen) atoms. The Morgan fingerprint density at radius 1 is 0.959 bits per heavy atom. The molecule has 4 heterocycles. The summed E-state index contributed by atoms with van der Waals surface area (Å²) in [6.45, 7) is 9.49. The van der Waals surface area contributed by atoms with E-state index in [0.29, 0.717) is 24.3 Å². The van der Waals surface area contributed by atoms with Gasteiger partial charge in [0.1, 0.15) is 36.2 Å². The van der Waals surface area contributed by atoms with Crippen LogP contribution in [0.3, 0.4) is 0 Å². The molecule has 2 aliphatic rings. The number of hydrogen-bond acceptors (Lipinski definition) is 8. The monoisotopic (exact) mass is 684 g/mol. The van der Waals surface area contributed by atoms with E-state index in [1.54, 1.807) is 39.7 Å². The molecular formula is C36H38F2N8O2S. The average molecular weight is 685 g/mol. The van der Waals surface area contributed by atoms with E-state index in [4.69, 9.17) is 4.74 Å². The first kappa shape index (κ1) is 32.8. The van der Waals surface area contributed by atoms with Crippen molar-refractivity contribution in [1.29, 1.82) is 0 Å². The van der Waals surface area contributed by atoms with Crippen LogP contribution in [0.1, 0.15) is 31.4 Å². The zero-order valence-corrected chi connectivity index (χ0v) is 28.1. The highest BCUT2D eigenvalue weighted by Gasteiger charge is 2.44. The number of aromatic nitrogens is 6. The Hall–Kier alpha value is -4.75. The third-order valence-corrected chi connectivity index (χ3v) is 10.5. The Balaban J connectivity index is 0.927. The molecule has 2 aromatic heterocycles. The molecule has 0 spiro atoms. The van der Waals surface area contributed by atoms with Gasteiger partial charge in [0.2, 0.25) is 0 Å². The summed E-state index contributed by atoms with van der Waals surface area (Å²) in [5.74, 6) is -0.513. The van der Waals surface area contributed by atoms with Crippen molar-refractivity contribution in [1.82, 2.24) is 29.1 Å². The third kappa shape index (κ3) is 6.90. The summed E-state index contributed by atoms with van der Waals surface area (Å²) < 4.78 is 39.9. The number of ether oxygens (including phenoxy) is 1. The molecule has 254 valence electrons. The lowest BCUT2D eigenvalue weighted by molar-refractivity contribution is -0.0530. The summed E-state index contributed by atoms with van der Waals surface area (Å²) >= 11 is 1.71. The van der Waals surface area contributed by atoms with E-state index in [1.807, 2.05) is 19.1 Å². The van der Waals surface area contributed by atoms with Crippen molar-refractivity contribution in [2.75, 3.05) is 41.7 Å². The van der Waals surface area contributed by atoms with Gasteiger partial charge < -0.3 is 14.5 Å². The van der Waals surface area contributed by atoms with Gasteiger partial charge in [-0.05, 0) is 74.4 Å². The highest BCUT2D eigenvalue weighted by Crippen LogP contribution is 2.43. The molecule has 0 saturated carbocycles. The van der Waals surface area contributed by atoms with Crippen molar-refractivity contribution in [3.8, 4) is 5.69 Å². The Bertz CT molecular complexity index is 1940. The van der Waals surface area contributed by atoms with Gasteiger partial charge in [-0.1, -0.05) is 12.1 Å². The molecule has 3 atom stereocenters. The quantitative estimate of drug-likeness (QED) is 0.127. The summed E-state index contributed by atoms with van der Waals surface area (Å²) in [7, 11) is 0. The maximum atomic E-state index is 15.0. The second kappa shape index (κ2) is 14.0. The molecule has 2 fully saturated rings. The van der Waals surface area contributed by atoms with Crippen LogP contribution in [0.5, 0.6) is 0 Å². The van der Waals surface area contributed by atoms with Crippen LogP contribution in [0.25, 0.3) is 5.69 Å². The fourth-order valence-electron chi connectivity index (χ4n) is 6.65. The highest BCUT2D eigenvalue weighted by molar-refractivity contribution is 7.99. The van der Waals surface area contributed by atoms with Gasteiger partial charge in [-0.2, -0.15) is 10.2 Å². The van der Waals surface area contributed by atoms with E-state index in [9.17, 15) is 13.6 Å². The van der Waals surface area contributed by atoms with Crippen LogP contribution in [-0.4, -0.2) is 67.1 Å². The number of halogens is 2. The Morgan fingerprint density at radius 3 is 2.27 bits per heavy atom. The fourth-order valence-corrected chi connectivity index (χ4v) is 7.59. The zero-order chi connectivity index (χ0) is 34.0. The lowest BCUT2D eigenvalue weighted by Crippen LogP contribution is -2.46. The van der Waals surface area contributed by atoms with Gasteiger partial charge in [0.15, 0.2) is 0 Å². The van der Waals surface area contributed by atoms with Crippen LogP contribution in [0.15, 0.2) is 108 Å². The van der Waals surface area contributed by atoms with E-state index < -0.39 is 17.2 Å². The van der Waals surface area contributed by atoms with Gasteiger partial charge in [0.05, 0.1) is 24.4 Å². The number of piperazine rings is 1. The summed E-state index contributed by atoms with van der Waals surface area (Å²) in [4.78, 5) is 22.7. The SMILES string of the molecule is C=CC(C)n1ncn(-c2ccc(N3CCN(c4ccc(SCC5CCC(Cn6cncn6)(c6ccc(F)cc6F)O5)cc4)CC3)cc2)c1=O. The number of hydrogen-bond donors (Lipinski definition) is 0. The van der Waals surface area contributed by atoms with Crippen LogP contribution < -0.4 is 15.5 Å². The van der Waals surface area contributed by atoms with Crippen molar-refractivity contribution < 1.29 is 13.5 Å². The van der Waals surface area contributed by atoms with Gasteiger partial charge in [-0.25, -0.2) is 32.5 Å². The predicted molar refractivity (Wildman–Crippen MR) is 186 cm³/mol. The largest absolute Gasteiger partial charge is 0.368 e. The Labute approximate surface area is 287 Å². The lowest BCUT2D eigenvalue weighted by Gasteiger charge is -2.37.